The Bertz CT molecular complexity index is 1090. The molecule has 0 N–H and O–H groups in total. The Morgan fingerprint density at radius 2 is 1.71 bits per heavy atom. The van der Waals surface area contributed by atoms with Gasteiger partial charge in [0.2, 0.25) is 0 Å². The molecule has 0 saturated carbocycles. The minimum absolute atomic E-state index is 0.975. The number of hydrogen-bond donors (Lipinski definition) is 0. The highest BCUT2D eigenvalue weighted by atomic mass is 15.3. The lowest BCUT2D eigenvalue weighted by atomic mass is 10.1. The summed E-state index contributed by atoms with van der Waals surface area (Å²) in [7, 11) is 2.15. The molecule has 2 aromatic heterocycles. The molecule has 5 nitrogen and oxygen atoms in total. The molecule has 5 heteroatoms. The Balaban J connectivity index is 1.28. The van der Waals surface area contributed by atoms with Crippen LogP contribution in [-0.4, -0.2) is 52.2 Å². The predicted octanol–water partition coefficient (Wildman–Crippen LogP) is 3.49. The fourth-order valence-electron chi connectivity index (χ4n) is 4.25. The summed E-state index contributed by atoms with van der Waals surface area (Å²) in [5.74, 6) is 2.25. The van der Waals surface area contributed by atoms with Gasteiger partial charge in [-0.1, -0.05) is 36.4 Å². The van der Waals surface area contributed by atoms with Crippen molar-refractivity contribution in [3.63, 3.8) is 0 Å². The fourth-order valence-corrected chi connectivity index (χ4v) is 4.25. The average Bonchev–Trinajstić information content (AvgIpc) is 3.09. The van der Waals surface area contributed by atoms with Crippen LogP contribution in [-0.2, 0) is 13.5 Å². The van der Waals surface area contributed by atoms with Gasteiger partial charge in [0.05, 0.1) is 11.0 Å². The molecule has 3 heterocycles. The Morgan fingerprint density at radius 1 is 0.893 bits per heavy atom. The van der Waals surface area contributed by atoms with E-state index < -0.39 is 0 Å². The molecule has 142 valence electrons. The molecule has 0 unspecified atom stereocenters. The molecular formula is C23H25N5. The molecule has 1 aliphatic heterocycles. The Hall–Kier alpha value is -2.92. The summed E-state index contributed by atoms with van der Waals surface area (Å²) in [5.41, 5.74) is 2.34. The van der Waals surface area contributed by atoms with Gasteiger partial charge in [-0.2, -0.15) is 0 Å². The third-order valence-electron chi connectivity index (χ3n) is 5.85. The monoisotopic (exact) mass is 371 g/mol. The largest absolute Gasteiger partial charge is 0.354 e. The summed E-state index contributed by atoms with van der Waals surface area (Å²) in [5, 5.41) is 2.56. The van der Waals surface area contributed by atoms with Gasteiger partial charge in [0.15, 0.2) is 0 Å². The van der Waals surface area contributed by atoms with Crippen molar-refractivity contribution >= 4 is 27.6 Å². The fraction of sp³-hybridized carbons (Fsp3) is 0.304. The zero-order chi connectivity index (χ0) is 18.9. The smallest absolute Gasteiger partial charge is 0.128 e. The highest BCUT2D eigenvalue weighted by molar-refractivity contribution is 6.04. The van der Waals surface area contributed by atoms with E-state index in [1.807, 2.05) is 12.3 Å². The van der Waals surface area contributed by atoms with E-state index in [-0.39, 0.29) is 0 Å². The molecular weight excluding hydrogens is 346 g/mol. The lowest BCUT2D eigenvalue weighted by Gasteiger charge is -2.35. The van der Waals surface area contributed by atoms with Crippen molar-refractivity contribution in [3.8, 4) is 0 Å². The van der Waals surface area contributed by atoms with E-state index in [0.717, 1.165) is 50.5 Å². The first-order valence-corrected chi connectivity index (χ1v) is 10.0. The molecule has 0 radical (unpaired) electrons. The van der Waals surface area contributed by atoms with E-state index in [1.54, 1.807) is 0 Å². The summed E-state index contributed by atoms with van der Waals surface area (Å²) in [6.07, 6.45) is 2.85. The second-order valence-electron chi connectivity index (χ2n) is 7.51. The standard InChI is InChI=1S/C23H25N5/c1-26-22(25-20-10-9-18-6-2-3-7-19(18)23(20)26)11-13-27-14-16-28(17-15-27)21-8-4-5-12-24-21/h2-10,12H,11,13-17H2,1H3. The molecule has 0 bridgehead atoms. The minimum atomic E-state index is 0.975. The highest BCUT2D eigenvalue weighted by Gasteiger charge is 2.18. The number of piperazine rings is 1. The van der Waals surface area contributed by atoms with Crippen molar-refractivity contribution in [2.24, 2.45) is 7.05 Å². The maximum atomic E-state index is 4.93. The van der Waals surface area contributed by atoms with Gasteiger partial charge in [0, 0.05) is 57.8 Å². The number of aromatic nitrogens is 3. The second kappa shape index (κ2) is 7.24. The quantitative estimate of drug-likeness (QED) is 0.550. The van der Waals surface area contributed by atoms with E-state index >= 15 is 0 Å². The number of rotatable bonds is 4. The molecule has 0 amide bonds. The lowest BCUT2D eigenvalue weighted by Crippen LogP contribution is -2.47. The first-order valence-electron chi connectivity index (χ1n) is 10.0. The molecule has 4 aromatic rings. The summed E-state index contributed by atoms with van der Waals surface area (Å²) in [4.78, 5) is 14.3. The summed E-state index contributed by atoms with van der Waals surface area (Å²) >= 11 is 0. The van der Waals surface area contributed by atoms with E-state index in [9.17, 15) is 0 Å². The SMILES string of the molecule is Cn1c(CCN2CCN(c3ccccn3)CC2)nc2ccc3ccccc3c21. The minimum Gasteiger partial charge on any atom is -0.354 e. The number of nitrogens with zero attached hydrogens (tertiary/aromatic N) is 5. The number of pyridine rings is 1. The maximum absolute atomic E-state index is 4.93. The molecule has 2 aromatic carbocycles. The topological polar surface area (TPSA) is 37.2 Å². The van der Waals surface area contributed by atoms with Crippen LogP contribution in [0.25, 0.3) is 21.8 Å². The summed E-state index contributed by atoms with van der Waals surface area (Å²) in [6, 6.07) is 19.0. The normalized spacial score (nSPS) is 15.5. The summed E-state index contributed by atoms with van der Waals surface area (Å²) in [6.45, 7) is 5.26. The van der Waals surface area contributed by atoms with Crippen LogP contribution < -0.4 is 4.90 Å². The maximum Gasteiger partial charge on any atom is 0.128 e. The van der Waals surface area contributed by atoms with Crippen LogP contribution in [0, 0.1) is 0 Å². The van der Waals surface area contributed by atoms with Crippen LogP contribution in [0.2, 0.25) is 0 Å². The highest BCUT2D eigenvalue weighted by Crippen LogP contribution is 2.25. The molecule has 0 aliphatic carbocycles. The zero-order valence-corrected chi connectivity index (χ0v) is 16.3. The molecule has 28 heavy (non-hydrogen) atoms. The third-order valence-corrected chi connectivity index (χ3v) is 5.85. The van der Waals surface area contributed by atoms with Crippen LogP contribution in [0.1, 0.15) is 5.82 Å². The van der Waals surface area contributed by atoms with E-state index in [4.69, 9.17) is 4.98 Å². The molecule has 1 aliphatic rings. The first-order chi connectivity index (χ1) is 13.8. The number of anilines is 1. The molecule has 0 atom stereocenters. The van der Waals surface area contributed by atoms with Crippen LogP contribution in [0.5, 0.6) is 0 Å². The Morgan fingerprint density at radius 3 is 2.54 bits per heavy atom. The van der Waals surface area contributed by atoms with Crippen molar-refractivity contribution in [1.29, 1.82) is 0 Å². The van der Waals surface area contributed by atoms with Crippen molar-refractivity contribution in [2.45, 2.75) is 6.42 Å². The van der Waals surface area contributed by atoms with Gasteiger partial charge in [-0.15, -0.1) is 0 Å². The van der Waals surface area contributed by atoms with Crippen LogP contribution >= 0.6 is 0 Å². The van der Waals surface area contributed by atoms with Gasteiger partial charge in [0.1, 0.15) is 11.6 Å². The molecule has 1 fully saturated rings. The Labute approximate surface area is 165 Å². The number of aryl methyl sites for hydroxylation is 1. The van der Waals surface area contributed by atoms with Crippen LogP contribution in [0.4, 0.5) is 5.82 Å². The summed E-state index contributed by atoms with van der Waals surface area (Å²) < 4.78 is 2.28. The van der Waals surface area contributed by atoms with Crippen molar-refractivity contribution in [1.82, 2.24) is 19.4 Å². The molecule has 0 spiro atoms. The van der Waals surface area contributed by atoms with Crippen molar-refractivity contribution in [2.75, 3.05) is 37.6 Å². The number of imidazole rings is 1. The van der Waals surface area contributed by atoms with Gasteiger partial charge in [-0.05, 0) is 23.6 Å². The first kappa shape index (κ1) is 17.2. The number of hydrogen-bond acceptors (Lipinski definition) is 4. The third kappa shape index (κ3) is 3.12. The van der Waals surface area contributed by atoms with Crippen LogP contribution in [0.15, 0.2) is 60.8 Å². The van der Waals surface area contributed by atoms with Gasteiger partial charge < -0.3 is 9.47 Å². The Kier molecular flexibility index (Phi) is 4.45. The molecule has 1 saturated heterocycles. The van der Waals surface area contributed by atoms with E-state index in [2.05, 4.69) is 74.9 Å². The van der Waals surface area contributed by atoms with Gasteiger partial charge >= 0.3 is 0 Å². The average molecular weight is 371 g/mol. The van der Waals surface area contributed by atoms with E-state index in [0.29, 0.717) is 0 Å². The van der Waals surface area contributed by atoms with Gasteiger partial charge in [-0.3, -0.25) is 4.90 Å². The lowest BCUT2D eigenvalue weighted by molar-refractivity contribution is 0.258. The van der Waals surface area contributed by atoms with Gasteiger partial charge in [0.25, 0.3) is 0 Å². The van der Waals surface area contributed by atoms with Crippen molar-refractivity contribution in [3.05, 3.63) is 66.6 Å². The zero-order valence-electron chi connectivity index (χ0n) is 16.3. The number of benzene rings is 2. The predicted molar refractivity (Wildman–Crippen MR) is 115 cm³/mol. The molecule has 5 rings (SSSR count). The number of fused-ring (bicyclic) bond motifs is 3. The van der Waals surface area contributed by atoms with Crippen molar-refractivity contribution < 1.29 is 0 Å². The second-order valence-corrected chi connectivity index (χ2v) is 7.51. The van der Waals surface area contributed by atoms with E-state index in [1.165, 1.54) is 22.1 Å². The van der Waals surface area contributed by atoms with Crippen LogP contribution in [0.3, 0.4) is 0 Å². The van der Waals surface area contributed by atoms with Gasteiger partial charge in [-0.25, -0.2) is 9.97 Å².